The first-order valence-electron chi connectivity index (χ1n) is 4.48. The largest absolute Gasteiger partial charge is 0.468 e. The molecule has 0 aliphatic rings. The number of methoxy groups -OCH3 is 1. The lowest BCUT2D eigenvalue weighted by molar-refractivity contribution is -0.137. The molecule has 0 unspecified atom stereocenters. The zero-order chi connectivity index (χ0) is 11.4. The van der Waals surface area contributed by atoms with Gasteiger partial charge in [0.1, 0.15) is 5.82 Å². The maximum Gasteiger partial charge on any atom is 0.315 e. The van der Waals surface area contributed by atoms with Crippen LogP contribution in [0.4, 0.5) is 5.82 Å². The fourth-order valence-corrected chi connectivity index (χ4v) is 2.14. The molecule has 0 amide bonds. The summed E-state index contributed by atoms with van der Waals surface area (Å²) < 4.78 is 6.18. The average Bonchev–Trinajstić information content (AvgIpc) is 2.44. The predicted molar refractivity (Wildman–Crippen MR) is 60.5 cm³/mol. The van der Waals surface area contributed by atoms with E-state index in [1.54, 1.807) is 11.7 Å². The number of anilines is 1. The lowest BCUT2D eigenvalue weighted by atomic mass is 10.3. The number of nitrogens with two attached hydrogens (primary N) is 1. The number of nitrogens with zero attached hydrogens (tertiary/aromatic N) is 2. The van der Waals surface area contributed by atoms with Gasteiger partial charge in [-0.3, -0.25) is 9.48 Å². The minimum absolute atomic E-state index is 0.222. The zero-order valence-corrected chi connectivity index (χ0v) is 9.93. The molecule has 1 heterocycles. The topological polar surface area (TPSA) is 70.1 Å². The Morgan fingerprint density at radius 1 is 1.67 bits per heavy atom. The van der Waals surface area contributed by atoms with Crippen molar-refractivity contribution in [3.05, 3.63) is 11.3 Å². The van der Waals surface area contributed by atoms with E-state index >= 15 is 0 Å². The second-order valence-corrected chi connectivity index (χ2v) is 4.13. The number of nitrogen functional groups attached to an aromatic ring is 1. The molecule has 5 nitrogen and oxygen atoms in total. The first kappa shape index (κ1) is 11.9. The van der Waals surface area contributed by atoms with Gasteiger partial charge in [-0.25, -0.2) is 0 Å². The Kier molecular flexibility index (Phi) is 4.02. The molecule has 1 aromatic rings. The van der Waals surface area contributed by atoms with Gasteiger partial charge in [-0.1, -0.05) is 0 Å². The second kappa shape index (κ2) is 5.06. The molecule has 0 bridgehead atoms. The van der Waals surface area contributed by atoms with Crippen molar-refractivity contribution >= 4 is 23.5 Å². The molecular weight excluding hydrogens is 214 g/mol. The van der Waals surface area contributed by atoms with E-state index in [1.165, 1.54) is 18.9 Å². The van der Waals surface area contributed by atoms with Gasteiger partial charge in [0, 0.05) is 18.4 Å². The van der Waals surface area contributed by atoms with Crippen molar-refractivity contribution in [1.82, 2.24) is 9.78 Å². The summed E-state index contributed by atoms with van der Waals surface area (Å²) in [7, 11) is 3.18. The number of aromatic nitrogens is 2. The molecule has 0 spiro atoms. The Balaban J connectivity index is 2.54. The van der Waals surface area contributed by atoms with Gasteiger partial charge in [-0.05, 0) is 6.92 Å². The number of ether oxygens (including phenoxy) is 1. The van der Waals surface area contributed by atoms with Crippen molar-refractivity contribution in [2.75, 3.05) is 18.6 Å². The first-order valence-corrected chi connectivity index (χ1v) is 5.64. The highest BCUT2D eigenvalue weighted by Crippen LogP contribution is 2.21. The highest BCUT2D eigenvalue weighted by molar-refractivity contribution is 7.99. The standard InChI is InChI=1S/C9H15N3O2S/c1-6-7(9(10)12(2)11-6)4-15-5-8(13)14-3/h4-5,10H2,1-3H3. The van der Waals surface area contributed by atoms with Gasteiger partial charge < -0.3 is 10.5 Å². The van der Waals surface area contributed by atoms with Crippen molar-refractivity contribution in [3.8, 4) is 0 Å². The monoisotopic (exact) mass is 229 g/mol. The summed E-state index contributed by atoms with van der Waals surface area (Å²) >= 11 is 1.47. The van der Waals surface area contributed by atoms with Crippen molar-refractivity contribution < 1.29 is 9.53 Å². The fraction of sp³-hybridized carbons (Fsp3) is 0.556. The Morgan fingerprint density at radius 3 is 2.80 bits per heavy atom. The third-order valence-corrected chi connectivity index (χ3v) is 3.02. The number of carbonyl (C=O) groups is 1. The van der Waals surface area contributed by atoms with Gasteiger partial charge in [0.05, 0.1) is 18.6 Å². The van der Waals surface area contributed by atoms with E-state index in [4.69, 9.17) is 5.73 Å². The molecule has 1 rings (SSSR count). The van der Waals surface area contributed by atoms with Crippen LogP contribution in [0.25, 0.3) is 0 Å². The molecule has 0 atom stereocenters. The van der Waals surface area contributed by atoms with Gasteiger partial charge in [-0.2, -0.15) is 5.10 Å². The molecule has 0 aliphatic heterocycles. The van der Waals surface area contributed by atoms with Crippen LogP contribution in [-0.2, 0) is 22.3 Å². The lowest BCUT2D eigenvalue weighted by Gasteiger charge is -2.01. The van der Waals surface area contributed by atoms with Crippen molar-refractivity contribution in [2.24, 2.45) is 7.05 Å². The summed E-state index contributed by atoms with van der Waals surface area (Å²) in [5.74, 6) is 1.45. The molecule has 1 aromatic heterocycles. The van der Waals surface area contributed by atoms with Gasteiger partial charge in [0.15, 0.2) is 0 Å². The highest BCUT2D eigenvalue weighted by atomic mass is 32.2. The predicted octanol–water partition coefficient (Wildman–Crippen LogP) is 0.717. The summed E-state index contributed by atoms with van der Waals surface area (Å²) in [6.45, 7) is 1.91. The molecule has 2 N–H and O–H groups in total. The van der Waals surface area contributed by atoms with Crippen LogP contribution in [0.2, 0.25) is 0 Å². The van der Waals surface area contributed by atoms with E-state index in [9.17, 15) is 4.79 Å². The van der Waals surface area contributed by atoms with E-state index in [2.05, 4.69) is 9.84 Å². The summed E-state index contributed by atoms with van der Waals surface area (Å²) in [5, 5.41) is 4.19. The van der Waals surface area contributed by atoms with E-state index in [0.717, 1.165) is 11.3 Å². The van der Waals surface area contributed by atoms with Crippen LogP contribution in [0, 0.1) is 6.92 Å². The van der Waals surface area contributed by atoms with Crippen molar-refractivity contribution in [3.63, 3.8) is 0 Å². The Hall–Kier alpha value is -1.17. The van der Waals surface area contributed by atoms with E-state index < -0.39 is 0 Å². The zero-order valence-electron chi connectivity index (χ0n) is 9.11. The maximum atomic E-state index is 10.9. The summed E-state index contributed by atoms with van der Waals surface area (Å²) in [6, 6.07) is 0. The first-order chi connectivity index (χ1) is 7.06. The smallest absolute Gasteiger partial charge is 0.315 e. The van der Waals surface area contributed by atoms with Crippen LogP contribution in [-0.4, -0.2) is 28.6 Å². The third kappa shape index (κ3) is 2.89. The summed E-state index contributed by atoms with van der Waals surface area (Å²) in [4.78, 5) is 10.9. The molecular formula is C9H15N3O2S. The third-order valence-electron chi connectivity index (χ3n) is 2.09. The van der Waals surface area contributed by atoms with Crippen molar-refractivity contribution in [1.29, 1.82) is 0 Å². The minimum atomic E-state index is -0.222. The number of hydrogen-bond acceptors (Lipinski definition) is 5. The molecule has 0 saturated heterocycles. The van der Waals surface area contributed by atoms with Gasteiger partial charge >= 0.3 is 5.97 Å². The SMILES string of the molecule is COC(=O)CSCc1c(C)nn(C)c1N. The van der Waals surface area contributed by atoms with Crippen LogP contribution in [0.1, 0.15) is 11.3 Å². The van der Waals surface area contributed by atoms with Gasteiger partial charge in [0.2, 0.25) is 0 Å². The molecule has 15 heavy (non-hydrogen) atoms. The van der Waals surface area contributed by atoms with Crippen LogP contribution >= 0.6 is 11.8 Å². The average molecular weight is 229 g/mol. The fourth-order valence-electron chi connectivity index (χ4n) is 1.19. The molecule has 0 aliphatic carbocycles. The Bertz CT molecular complexity index is 362. The van der Waals surface area contributed by atoms with Crippen molar-refractivity contribution in [2.45, 2.75) is 12.7 Å². The summed E-state index contributed by atoms with van der Waals surface area (Å²) in [6.07, 6.45) is 0. The number of thioether (sulfide) groups is 1. The lowest BCUT2D eigenvalue weighted by Crippen LogP contribution is -2.04. The van der Waals surface area contributed by atoms with E-state index in [0.29, 0.717) is 17.3 Å². The minimum Gasteiger partial charge on any atom is -0.468 e. The Morgan fingerprint density at radius 2 is 2.33 bits per heavy atom. The van der Waals surface area contributed by atoms with Crippen LogP contribution in [0.5, 0.6) is 0 Å². The molecule has 0 aromatic carbocycles. The van der Waals surface area contributed by atoms with Crippen LogP contribution in [0.15, 0.2) is 0 Å². The molecule has 6 heteroatoms. The number of carbonyl (C=O) groups excluding carboxylic acids is 1. The maximum absolute atomic E-state index is 10.9. The Labute approximate surface area is 93.0 Å². The molecule has 0 saturated carbocycles. The van der Waals surface area contributed by atoms with Gasteiger partial charge in [0.25, 0.3) is 0 Å². The van der Waals surface area contributed by atoms with E-state index in [1.807, 2.05) is 6.92 Å². The van der Waals surface area contributed by atoms with Crippen LogP contribution < -0.4 is 5.73 Å². The normalized spacial score (nSPS) is 10.3. The number of aryl methyl sites for hydroxylation is 2. The quantitative estimate of drug-likeness (QED) is 0.770. The second-order valence-electron chi connectivity index (χ2n) is 3.14. The van der Waals surface area contributed by atoms with Gasteiger partial charge in [-0.15, -0.1) is 11.8 Å². The molecule has 0 radical (unpaired) electrons. The number of hydrogen-bond donors (Lipinski definition) is 1. The number of rotatable bonds is 4. The highest BCUT2D eigenvalue weighted by Gasteiger charge is 2.10. The van der Waals surface area contributed by atoms with Crippen LogP contribution in [0.3, 0.4) is 0 Å². The van der Waals surface area contributed by atoms with E-state index in [-0.39, 0.29) is 5.97 Å². The summed E-state index contributed by atoms with van der Waals surface area (Å²) in [5.41, 5.74) is 7.73. The number of esters is 1. The molecule has 0 fully saturated rings. The molecule has 84 valence electrons.